The molecule has 5 aromatic carbocycles. The third-order valence-electron chi connectivity index (χ3n) is 8.22. The second kappa shape index (κ2) is 6.87. The Balaban J connectivity index is 1.61. The minimum Gasteiger partial charge on any atom is -0.354 e. The summed E-state index contributed by atoms with van der Waals surface area (Å²) in [5.74, 6) is 0. The van der Waals surface area contributed by atoms with Crippen LogP contribution in [0.1, 0.15) is 35.1 Å². The van der Waals surface area contributed by atoms with Crippen molar-refractivity contribution < 1.29 is 0 Å². The molecule has 0 radical (unpaired) electrons. The van der Waals surface area contributed by atoms with Gasteiger partial charge >= 0.3 is 0 Å². The zero-order chi connectivity index (χ0) is 23.1. The molecule has 1 nitrogen and oxygen atoms in total. The second-order valence-electron chi connectivity index (χ2n) is 9.82. The van der Waals surface area contributed by atoms with Crippen molar-refractivity contribution in [2.24, 2.45) is 0 Å². The van der Waals surface area contributed by atoms with E-state index < -0.39 is 0 Å². The smallest absolute Gasteiger partial charge is 0.0717 e. The third kappa shape index (κ3) is 2.39. The highest BCUT2D eigenvalue weighted by molar-refractivity contribution is 6.31. The molecule has 8 rings (SSSR count). The highest BCUT2D eigenvalue weighted by Crippen LogP contribution is 2.63. The van der Waals surface area contributed by atoms with Crippen LogP contribution < -0.4 is 5.32 Å². The predicted molar refractivity (Wildman–Crippen MR) is 148 cm³/mol. The molecule has 1 N–H and O–H groups in total. The van der Waals surface area contributed by atoms with Gasteiger partial charge in [-0.3, -0.25) is 0 Å². The van der Waals surface area contributed by atoms with Crippen LogP contribution in [0.5, 0.6) is 0 Å². The van der Waals surface area contributed by atoms with Crippen LogP contribution in [0.25, 0.3) is 27.1 Å². The number of rotatable bonds is 0. The number of hydrogen-bond acceptors (Lipinski definition) is 1. The predicted octanol–water partition coefficient (Wildman–Crippen LogP) is 9.15. The van der Waals surface area contributed by atoms with Gasteiger partial charge in [-0.15, -0.1) is 0 Å². The van der Waals surface area contributed by atoms with Crippen LogP contribution >= 0.6 is 11.6 Å². The fraction of sp³-hybridized carbons (Fsp3) is 0.0909. The van der Waals surface area contributed by atoms with E-state index in [0.717, 1.165) is 17.9 Å². The molecule has 5 aromatic rings. The lowest BCUT2D eigenvalue weighted by atomic mass is 9.62. The fourth-order valence-electron chi connectivity index (χ4n) is 6.86. The molecule has 0 atom stereocenters. The van der Waals surface area contributed by atoms with Crippen LogP contribution in [0.3, 0.4) is 0 Å². The molecule has 35 heavy (non-hydrogen) atoms. The number of allylic oxidation sites excluding steroid dienone is 4. The molecular weight excluding hydrogens is 446 g/mol. The summed E-state index contributed by atoms with van der Waals surface area (Å²) in [4.78, 5) is 0. The molecule has 1 aliphatic heterocycles. The Morgan fingerprint density at radius 3 is 2.00 bits per heavy atom. The standard InChI is InChI=1S/C33H22ClN/c34-22-15-18-28-26(19-22)25-11-5-6-12-27(25)33(28)29-16-13-20-7-1-3-9-23(20)31(29)35-32-24-10-4-2-8-21(24)14-17-30(32)33/h1-5,7-11,13-19,35H,6,12H2. The molecule has 0 amide bonds. The van der Waals surface area contributed by atoms with Crippen LogP contribution in [0.4, 0.5) is 11.4 Å². The van der Waals surface area contributed by atoms with E-state index in [1.165, 1.54) is 66.3 Å². The normalized spacial score (nSPS) is 16.7. The quantitative estimate of drug-likeness (QED) is 0.239. The van der Waals surface area contributed by atoms with Crippen LogP contribution in [-0.4, -0.2) is 0 Å². The maximum atomic E-state index is 6.58. The van der Waals surface area contributed by atoms with Gasteiger partial charge in [0, 0.05) is 15.8 Å². The highest BCUT2D eigenvalue weighted by Gasteiger charge is 2.51. The van der Waals surface area contributed by atoms with Crippen molar-refractivity contribution in [3.8, 4) is 0 Å². The van der Waals surface area contributed by atoms with Gasteiger partial charge in [-0.2, -0.15) is 0 Å². The first-order valence-corrected chi connectivity index (χ1v) is 12.7. The van der Waals surface area contributed by atoms with Gasteiger partial charge in [0.2, 0.25) is 0 Å². The van der Waals surface area contributed by atoms with E-state index in [2.05, 4.69) is 108 Å². The summed E-state index contributed by atoms with van der Waals surface area (Å²) in [6, 6.07) is 33.2. The number of fused-ring (bicyclic) bond motifs is 12. The van der Waals surface area contributed by atoms with Crippen LogP contribution in [0.15, 0.2) is 109 Å². The SMILES string of the molecule is Clc1ccc2c(c1)C1=C(CCC=C1)C21c2ccc3ccccc3c2Nc2c1ccc1ccccc21. The molecule has 0 saturated heterocycles. The summed E-state index contributed by atoms with van der Waals surface area (Å²) in [6.07, 6.45) is 6.73. The van der Waals surface area contributed by atoms with Crippen LogP contribution in [-0.2, 0) is 5.41 Å². The van der Waals surface area contributed by atoms with E-state index in [9.17, 15) is 0 Å². The topological polar surface area (TPSA) is 12.0 Å². The van der Waals surface area contributed by atoms with Crippen molar-refractivity contribution in [2.45, 2.75) is 18.3 Å². The molecule has 166 valence electrons. The van der Waals surface area contributed by atoms with Crippen molar-refractivity contribution in [1.82, 2.24) is 0 Å². The lowest BCUT2D eigenvalue weighted by molar-refractivity contribution is 0.695. The van der Waals surface area contributed by atoms with Crippen LogP contribution in [0.2, 0.25) is 5.02 Å². The molecule has 2 heteroatoms. The van der Waals surface area contributed by atoms with Gasteiger partial charge in [0.15, 0.2) is 0 Å². The molecule has 0 unspecified atom stereocenters. The molecule has 0 bridgehead atoms. The lowest BCUT2D eigenvalue weighted by Crippen LogP contribution is -2.34. The average molecular weight is 468 g/mol. The van der Waals surface area contributed by atoms with E-state index >= 15 is 0 Å². The van der Waals surface area contributed by atoms with Gasteiger partial charge in [-0.25, -0.2) is 0 Å². The van der Waals surface area contributed by atoms with Crippen molar-refractivity contribution in [3.63, 3.8) is 0 Å². The lowest BCUT2D eigenvalue weighted by Gasteiger charge is -2.43. The van der Waals surface area contributed by atoms with E-state index in [0.29, 0.717) is 0 Å². The van der Waals surface area contributed by atoms with Gasteiger partial charge in [0.1, 0.15) is 0 Å². The monoisotopic (exact) mass is 467 g/mol. The number of halogens is 1. The van der Waals surface area contributed by atoms with Gasteiger partial charge < -0.3 is 5.32 Å². The number of nitrogens with one attached hydrogen (secondary N) is 1. The Hall–Kier alpha value is -3.81. The summed E-state index contributed by atoms with van der Waals surface area (Å²) >= 11 is 6.58. The third-order valence-corrected chi connectivity index (χ3v) is 8.45. The summed E-state index contributed by atoms with van der Waals surface area (Å²) in [7, 11) is 0. The minimum absolute atomic E-state index is 0.343. The highest BCUT2D eigenvalue weighted by atomic mass is 35.5. The number of anilines is 2. The Labute approximate surface area is 209 Å². The average Bonchev–Trinajstić information content (AvgIpc) is 3.19. The Bertz CT molecular complexity index is 1700. The molecule has 0 saturated carbocycles. The van der Waals surface area contributed by atoms with Crippen molar-refractivity contribution in [3.05, 3.63) is 136 Å². The molecule has 3 aliphatic rings. The number of benzene rings is 5. The van der Waals surface area contributed by atoms with Crippen LogP contribution in [0, 0.1) is 0 Å². The summed E-state index contributed by atoms with van der Waals surface area (Å²) in [5.41, 5.74) is 10.2. The minimum atomic E-state index is -0.343. The van der Waals surface area contributed by atoms with Gasteiger partial charge in [-0.1, -0.05) is 103 Å². The van der Waals surface area contributed by atoms with E-state index in [1.54, 1.807) is 0 Å². The van der Waals surface area contributed by atoms with E-state index in [-0.39, 0.29) is 5.41 Å². The maximum Gasteiger partial charge on any atom is 0.0717 e. The molecule has 0 aromatic heterocycles. The molecule has 1 heterocycles. The zero-order valence-electron chi connectivity index (χ0n) is 19.1. The van der Waals surface area contributed by atoms with Crippen molar-refractivity contribution >= 4 is 50.1 Å². The van der Waals surface area contributed by atoms with Gasteiger partial charge in [0.25, 0.3) is 0 Å². The summed E-state index contributed by atoms with van der Waals surface area (Å²) < 4.78 is 0. The Morgan fingerprint density at radius 2 is 1.31 bits per heavy atom. The first kappa shape index (κ1) is 19.5. The van der Waals surface area contributed by atoms with Gasteiger partial charge in [0.05, 0.1) is 16.8 Å². The van der Waals surface area contributed by atoms with Crippen molar-refractivity contribution in [2.75, 3.05) is 5.32 Å². The van der Waals surface area contributed by atoms with E-state index in [4.69, 9.17) is 11.6 Å². The van der Waals surface area contributed by atoms with Crippen molar-refractivity contribution in [1.29, 1.82) is 0 Å². The second-order valence-corrected chi connectivity index (χ2v) is 10.3. The molecule has 1 spiro atoms. The first-order valence-electron chi connectivity index (χ1n) is 12.3. The first-order chi connectivity index (χ1) is 17.3. The summed E-state index contributed by atoms with van der Waals surface area (Å²) in [5, 5.41) is 9.77. The molecular formula is C33H22ClN. The molecule has 2 aliphatic carbocycles. The zero-order valence-corrected chi connectivity index (χ0v) is 19.9. The fourth-order valence-corrected chi connectivity index (χ4v) is 7.03. The van der Waals surface area contributed by atoms with E-state index in [1.807, 2.05) is 0 Å². The van der Waals surface area contributed by atoms with Gasteiger partial charge in [-0.05, 0) is 69.1 Å². The Kier molecular flexibility index (Phi) is 3.83. The maximum absolute atomic E-state index is 6.58. The molecule has 0 fully saturated rings. The number of hydrogen-bond donors (Lipinski definition) is 1. The summed E-state index contributed by atoms with van der Waals surface area (Å²) in [6.45, 7) is 0. The largest absolute Gasteiger partial charge is 0.354 e. The Morgan fingerprint density at radius 1 is 0.686 bits per heavy atom.